The Kier molecular flexibility index (Phi) is 2.99. The van der Waals surface area contributed by atoms with E-state index in [2.05, 4.69) is 0 Å². The Morgan fingerprint density at radius 3 is 2.32 bits per heavy atom. The predicted molar refractivity (Wildman–Crippen MR) is 83.3 cm³/mol. The molecule has 4 aliphatic carbocycles. The molecule has 0 spiro atoms. The summed E-state index contributed by atoms with van der Waals surface area (Å²) in [5.74, 6) is 2.48. The van der Waals surface area contributed by atoms with Crippen molar-refractivity contribution >= 4 is 11.9 Å². The van der Waals surface area contributed by atoms with Gasteiger partial charge in [-0.15, -0.1) is 0 Å². The third-order valence-electron chi connectivity index (χ3n) is 5.71. The van der Waals surface area contributed by atoms with E-state index in [9.17, 15) is 15.2 Å². The second-order valence-electron chi connectivity index (χ2n) is 7.40. The van der Waals surface area contributed by atoms with Crippen molar-refractivity contribution in [2.24, 2.45) is 22.7 Å². The van der Waals surface area contributed by atoms with Crippen LogP contribution in [0.3, 0.4) is 0 Å². The fraction of sp³-hybridized carbons (Fsp3) is 0.588. The van der Waals surface area contributed by atoms with Crippen molar-refractivity contribution in [2.75, 3.05) is 0 Å². The molecule has 0 aliphatic heterocycles. The number of hydrogen-bond acceptors (Lipinski definition) is 4. The SMILES string of the molecule is O=[N+]([O-])c1ccc(O)c(/C=N/C23CC4CC(CC(C4)C2)C3)c1. The summed E-state index contributed by atoms with van der Waals surface area (Å²) in [5.41, 5.74) is 0.459. The fourth-order valence-electron chi connectivity index (χ4n) is 5.19. The molecule has 0 unspecified atom stereocenters. The van der Waals surface area contributed by atoms with Crippen LogP contribution in [0, 0.1) is 27.9 Å². The number of aliphatic imine (C=N–C) groups is 1. The maximum atomic E-state index is 10.9. The van der Waals surface area contributed by atoms with Gasteiger partial charge in [-0.1, -0.05) is 0 Å². The van der Waals surface area contributed by atoms with E-state index in [1.807, 2.05) is 0 Å². The normalized spacial score (nSPS) is 36.1. The van der Waals surface area contributed by atoms with E-state index in [0.717, 1.165) is 37.0 Å². The third kappa shape index (κ3) is 2.28. The van der Waals surface area contributed by atoms with Gasteiger partial charge in [0.1, 0.15) is 5.75 Å². The van der Waals surface area contributed by atoms with Crippen LogP contribution in [0.15, 0.2) is 23.2 Å². The molecule has 5 rings (SSSR count). The van der Waals surface area contributed by atoms with Crippen molar-refractivity contribution in [2.45, 2.75) is 44.1 Å². The molecule has 4 aliphatic rings. The quantitative estimate of drug-likeness (QED) is 0.525. The molecule has 4 saturated carbocycles. The van der Waals surface area contributed by atoms with Crippen LogP contribution in [0.2, 0.25) is 0 Å². The Labute approximate surface area is 129 Å². The van der Waals surface area contributed by atoms with Crippen LogP contribution >= 0.6 is 0 Å². The van der Waals surface area contributed by atoms with Crippen molar-refractivity contribution < 1.29 is 10.0 Å². The highest BCUT2D eigenvalue weighted by Gasteiger charge is 2.50. The van der Waals surface area contributed by atoms with E-state index in [-0.39, 0.29) is 17.0 Å². The lowest BCUT2D eigenvalue weighted by molar-refractivity contribution is -0.384. The molecule has 4 bridgehead atoms. The molecule has 0 saturated heterocycles. The number of phenols is 1. The first-order valence-electron chi connectivity index (χ1n) is 8.06. The maximum Gasteiger partial charge on any atom is 0.270 e. The second-order valence-corrected chi connectivity index (χ2v) is 7.40. The molecule has 0 aromatic heterocycles. The van der Waals surface area contributed by atoms with Crippen molar-refractivity contribution in [1.82, 2.24) is 0 Å². The lowest BCUT2D eigenvalue weighted by atomic mass is 9.53. The van der Waals surface area contributed by atoms with E-state index in [4.69, 9.17) is 4.99 Å². The first-order valence-corrected chi connectivity index (χ1v) is 8.06. The van der Waals surface area contributed by atoms with Crippen LogP contribution in [0.25, 0.3) is 0 Å². The molecule has 4 fully saturated rings. The van der Waals surface area contributed by atoms with E-state index >= 15 is 0 Å². The van der Waals surface area contributed by atoms with Crippen LogP contribution in [-0.2, 0) is 0 Å². The average molecular weight is 300 g/mol. The summed E-state index contributed by atoms with van der Waals surface area (Å²) < 4.78 is 0. The monoisotopic (exact) mass is 300 g/mol. The number of phenolic OH excluding ortho intramolecular Hbond substituents is 1. The molecule has 22 heavy (non-hydrogen) atoms. The average Bonchev–Trinajstić information content (AvgIpc) is 2.44. The van der Waals surface area contributed by atoms with Gasteiger partial charge in [-0.2, -0.15) is 0 Å². The van der Waals surface area contributed by atoms with Gasteiger partial charge in [0, 0.05) is 23.9 Å². The van der Waals surface area contributed by atoms with Crippen LogP contribution in [0.1, 0.15) is 44.1 Å². The number of nitro benzene ring substituents is 1. The zero-order valence-corrected chi connectivity index (χ0v) is 12.4. The van der Waals surface area contributed by atoms with Crippen molar-refractivity contribution in [3.63, 3.8) is 0 Å². The van der Waals surface area contributed by atoms with E-state index < -0.39 is 4.92 Å². The number of hydrogen-bond donors (Lipinski definition) is 1. The number of nitrogens with zero attached hydrogens (tertiary/aromatic N) is 2. The van der Waals surface area contributed by atoms with Gasteiger partial charge in [-0.05, 0) is 62.3 Å². The predicted octanol–water partition coefficient (Wildman–Crippen LogP) is 3.69. The molecular formula is C17H20N2O3. The van der Waals surface area contributed by atoms with Gasteiger partial charge in [0.2, 0.25) is 0 Å². The lowest BCUT2D eigenvalue weighted by Gasteiger charge is -2.54. The molecule has 5 nitrogen and oxygen atoms in total. The van der Waals surface area contributed by atoms with Gasteiger partial charge < -0.3 is 5.11 Å². The Morgan fingerprint density at radius 2 is 1.77 bits per heavy atom. The summed E-state index contributed by atoms with van der Waals surface area (Å²) in [6, 6.07) is 4.09. The Balaban J connectivity index is 1.62. The largest absolute Gasteiger partial charge is 0.507 e. The first-order chi connectivity index (χ1) is 10.5. The van der Waals surface area contributed by atoms with Gasteiger partial charge >= 0.3 is 0 Å². The summed E-state index contributed by atoms with van der Waals surface area (Å²) in [7, 11) is 0. The minimum absolute atomic E-state index is 0.00948. The van der Waals surface area contributed by atoms with Gasteiger partial charge in [0.15, 0.2) is 0 Å². The fourth-order valence-corrected chi connectivity index (χ4v) is 5.19. The molecule has 5 heteroatoms. The summed E-state index contributed by atoms with van der Waals surface area (Å²) >= 11 is 0. The minimum Gasteiger partial charge on any atom is -0.507 e. The highest BCUT2D eigenvalue weighted by atomic mass is 16.6. The Bertz CT molecular complexity index is 618. The number of nitro groups is 1. The molecule has 1 aromatic rings. The zero-order chi connectivity index (χ0) is 15.3. The smallest absolute Gasteiger partial charge is 0.270 e. The lowest BCUT2D eigenvalue weighted by Crippen LogP contribution is -2.49. The number of non-ortho nitro benzene ring substituents is 1. The zero-order valence-electron chi connectivity index (χ0n) is 12.4. The minimum atomic E-state index is -0.443. The molecule has 0 radical (unpaired) electrons. The van der Waals surface area contributed by atoms with Gasteiger partial charge in [0.05, 0.1) is 10.5 Å². The summed E-state index contributed by atoms with van der Waals surface area (Å²) in [4.78, 5) is 15.3. The van der Waals surface area contributed by atoms with Gasteiger partial charge in [-0.3, -0.25) is 15.1 Å². The van der Waals surface area contributed by atoms with Crippen LogP contribution in [0.5, 0.6) is 5.75 Å². The standard InChI is InChI=1S/C17H20N2O3/c20-16-2-1-15(19(21)22)6-14(16)10-18-17-7-11-3-12(8-17)5-13(4-11)9-17/h1-2,6,10-13,20H,3-5,7-9H2/b18-10+. The van der Waals surface area contributed by atoms with Crippen LogP contribution in [0.4, 0.5) is 5.69 Å². The second kappa shape index (κ2) is 4.80. The van der Waals surface area contributed by atoms with Crippen molar-refractivity contribution in [3.05, 3.63) is 33.9 Å². The molecule has 0 atom stereocenters. The van der Waals surface area contributed by atoms with Gasteiger partial charge in [-0.25, -0.2) is 0 Å². The topological polar surface area (TPSA) is 75.7 Å². The highest BCUT2D eigenvalue weighted by Crippen LogP contribution is 2.57. The third-order valence-corrected chi connectivity index (χ3v) is 5.71. The summed E-state index contributed by atoms with van der Waals surface area (Å²) in [5, 5.41) is 20.8. The van der Waals surface area contributed by atoms with E-state index in [1.165, 1.54) is 37.5 Å². The highest BCUT2D eigenvalue weighted by molar-refractivity contribution is 5.84. The van der Waals surface area contributed by atoms with E-state index in [0.29, 0.717) is 5.56 Å². The Hall–Kier alpha value is -1.91. The number of aromatic hydroxyl groups is 1. The van der Waals surface area contributed by atoms with Crippen molar-refractivity contribution in [3.8, 4) is 5.75 Å². The summed E-state index contributed by atoms with van der Waals surface area (Å²) in [6.45, 7) is 0. The first kappa shape index (κ1) is 13.7. The molecular weight excluding hydrogens is 280 g/mol. The van der Waals surface area contributed by atoms with Crippen LogP contribution in [-0.4, -0.2) is 21.8 Å². The molecule has 0 amide bonds. The summed E-state index contributed by atoms with van der Waals surface area (Å²) in [6.07, 6.45) is 9.17. The molecule has 0 heterocycles. The van der Waals surface area contributed by atoms with Gasteiger partial charge in [0.25, 0.3) is 5.69 Å². The Morgan fingerprint density at radius 1 is 1.18 bits per heavy atom. The molecule has 116 valence electrons. The maximum absolute atomic E-state index is 10.9. The van der Waals surface area contributed by atoms with E-state index in [1.54, 1.807) is 6.21 Å². The number of benzene rings is 1. The van der Waals surface area contributed by atoms with Crippen molar-refractivity contribution in [1.29, 1.82) is 0 Å². The molecule has 1 N–H and O–H groups in total. The van der Waals surface area contributed by atoms with Crippen LogP contribution < -0.4 is 0 Å². The number of rotatable bonds is 3. The molecule has 1 aromatic carbocycles.